The number of rotatable bonds is 6. The summed E-state index contributed by atoms with van der Waals surface area (Å²) in [6.45, 7) is 1.35. The maximum Gasteiger partial charge on any atom is 0.226 e. The zero-order valence-electron chi connectivity index (χ0n) is 13.9. The van der Waals surface area contributed by atoms with Gasteiger partial charge >= 0.3 is 0 Å². The topological polar surface area (TPSA) is 75.9 Å². The standard InChI is InChI=1S/C17H22N6O/c1-22(16(24)13-10-17(13)3-2-4-17)7-6-19-14-9-15(21-11-20-14)23-8-5-18-12-23/h5,8-9,11-13H,2-4,6-7,10H2,1H3,(H,19,20,21). The van der Waals surface area contributed by atoms with Crippen LogP contribution in [0.25, 0.3) is 5.82 Å². The number of likely N-dealkylation sites (N-methyl/N-ethyl adjacent to an activating group) is 1. The molecular formula is C17H22N6O. The third-order valence-electron chi connectivity index (χ3n) is 5.39. The van der Waals surface area contributed by atoms with Crippen molar-refractivity contribution in [3.05, 3.63) is 31.1 Å². The van der Waals surface area contributed by atoms with Crippen LogP contribution in [0.15, 0.2) is 31.1 Å². The van der Waals surface area contributed by atoms with Crippen molar-refractivity contribution in [3.8, 4) is 5.82 Å². The van der Waals surface area contributed by atoms with E-state index in [9.17, 15) is 4.79 Å². The smallest absolute Gasteiger partial charge is 0.226 e. The molecule has 0 radical (unpaired) electrons. The number of hydrogen-bond donors (Lipinski definition) is 1. The number of carbonyl (C=O) groups excluding carboxylic acids is 1. The summed E-state index contributed by atoms with van der Waals surface area (Å²) in [7, 11) is 1.89. The van der Waals surface area contributed by atoms with Crippen molar-refractivity contribution in [1.82, 2.24) is 24.4 Å². The summed E-state index contributed by atoms with van der Waals surface area (Å²) < 4.78 is 1.83. The van der Waals surface area contributed by atoms with Gasteiger partial charge in [0.1, 0.15) is 24.3 Å². The summed E-state index contributed by atoms with van der Waals surface area (Å²) in [4.78, 5) is 26.7. The molecule has 1 unspecified atom stereocenters. The molecule has 0 aliphatic heterocycles. The highest BCUT2D eigenvalue weighted by atomic mass is 16.2. The van der Waals surface area contributed by atoms with E-state index in [0.717, 1.165) is 18.1 Å². The van der Waals surface area contributed by atoms with Crippen LogP contribution in [0.1, 0.15) is 25.7 Å². The van der Waals surface area contributed by atoms with Crippen molar-refractivity contribution in [2.24, 2.45) is 11.3 Å². The third kappa shape index (κ3) is 2.74. The van der Waals surface area contributed by atoms with Crippen molar-refractivity contribution in [2.75, 3.05) is 25.5 Å². The molecule has 126 valence electrons. The highest BCUT2D eigenvalue weighted by Gasteiger charge is 2.61. The van der Waals surface area contributed by atoms with Gasteiger partial charge in [0, 0.05) is 44.5 Å². The maximum absolute atomic E-state index is 12.4. The second-order valence-corrected chi connectivity index (χ2v) is 6.89. The molecule has 2 aliphatic rings. The largest absolute Gasteiger partial charge is 0.368 e. The molecule has 7 heteroatoms. The second-order valence-electron chi connectivity index (χ2n) is 6.89. The van der Waals surface area contributed by atoms with Gasteiger partial charge in [0.25, 0.3) is 0 Å². The Morgan fingerprint density at radius 3 is 3.00 bits per heavy atom. The van der Waals surface area contributed by atoms with Gasteiger partial charge in [-0.05, 0) is 24.7 Å². The minimum absolute atomic E-state index is 0.281. The monoisotopic (exact) mass is 326 g/mol. The van der Waals surface area contributed by atoms with E-state index in [1.165, 1.54) is 25.6 Å². The van der Waals surface area contributed by atoms with Crippen LogP contribution in [0.3, 0.4) is 0 Å². The van der Waals surface area contributed by atoms with E-state index in [1.54, 1.807) is 12.5 Å². The summed E-state index contributed by atoms with van der Waals surface area (Å²) in [5, 5.41) is 3.26. The van der Waals surface area contributed by atoms with Gasteiger partial charge in [-0.1, -0.05) is 6.42 Å². The number of imidazole rings is 1. The van der Waals surface area contributed by atoms with Gasteiger partial charge < -0.3 is 10.2 Å². The minimum Gasteiger partial charge on any atom is -0.368 e. The van der Waals surface area contributed by atoms with Gasteiger partial charge in [-0.2, -0.15) is 0 Å². The molecule has 1 amide bonds. The fourth-order valence-electron chi connectivity index (χ4n) is 3.59. The summed E-state index contributed by atoms with van der Waals surface area (Å²) in [5.74, 6) is 2.09. The normalized spacial score (nSPS) is 20.5. The number of amides is 1. The Bertz CT molecular complexity index is 724. The molecule has 2 saturated carbocycles. The zero-order valence-corrected chi connectivity index (χ0v) is 13.9. The number of carbonyl (C=O) groups is 1. The maximum atomic E-state index is 12.4. The fraction of sp³-hybridized carbons (Fsp3) is 0.529. The fourth-order valence-corrected chi connectivity index (χ4v) is 3.59. The average molecular weight is 326 g/mol. The van der Waals surface area contributed by atoms with E-state index in [4.69, 9.17) is 0 Å². The Balaban J connectivity index is 1.28. The SMILES string of the molecule is CN(CCNc1cc(-n2ccnc2)ncn1)C(=O)C1CC12CCC2. The van der Waals surface area contributed by atoms with Crippen molar-refractivity contribution in [1.29, 1.82) is 0 Å². The van der Waals surface area contributed by atoms with E-state index in [2.05, 4.69) is 20.3 Å². The van der Waals surface area contributed by atoms with Gasteiger partial charge in [-0.15, -0.1) is 0 Å². The van der Waals surface area contributed by atoms with Crippen LogP contribution in [0, 0.1) is 11.3 Å². The lowest BCUT2D eigenvalue weighted by molar-refractivity contribution is -0.132. The Morgan fingerprint density at radius 2 is 2.33 bits per heavy atom. The molecule has 2 aliphatic carbocycles. The van der Waals surface area contributed by atoms with Gasteiger partial charge in [0.2, 0.25) is 5.91 Å². The summed E-state index contributed by atoms with van der Waals surface area (Å²) in [6, 6.07) is 1.87. The molecule has 2 heterocycles. The molecule has 0 saturated heterocycles. The number of aromatic nitrogens is 4. The molecule has 1 atom stereocenters. The van der Waals surface area contributed by atoms with Crippen LogP contribution in [0.2, 0.25) is 0 Å². The summed E-state index contributed by atoms with van der Waals surface area (Å²) in [6.07, 6.45) is 11.7. The van der Waals surface area contributed by atoms with Crippen molar-refractivity contribution in [2.45, 2.75) is 25.7 Å². The average Bonchev–Trinajstić information content (AvgIpc) is 3.11. The lowest BCUT2D eigenvalue weighted by atomic mass is 9.79. The first kappa shape index (κ1) is 15.1. The lowest BCUT2D eigenvalue weighted by Crippen LogP contribution is -2.35. The van der Waals surface area contributed by atoms with Gasteiger partial charge in [0.05, 0.1) is 0 Å². The highest BCUT2D eigenvalue weighted by molar-refractivity contribution is 5.82. The van der Waals surface area contributed by atoms with E-state index < -0.39 is 0 Å². The van der Waals surface area contributed by atoms with Gasteiger partial charge in [0.15, 0.2) is 0 Å². The molecule has 4 rings (SSSR count). The van der Waals surface area contributed by atoms with Crippen LogP contribution in [0.4, 0.5) is 5.82 Å². The molecular weight excluding hydrogens is 304 g/mol. The zero-order chi connectivity index (χ0) is 16.6. The molecule has 2 aromatic rings. The molecule has 1 N–H and O–H groups in total. The quantitative estimate of drug-likeness (QED) is 0.875. The lowest BCUT2D eigenvalue weighted by Gasteiger charge is -2.28. The van der Waals surface area contributed by atoms with E-state index in [0.29, 0.717) is 24.4 Å². The van der Waals surface area contributed by atoms with Crippen molar-refractivity contribution in [3.63, 3.8) is 0 Å². The predicted octanol–water partition coefficient (Wildman–Crippen LogP) is 1.72. The van der Waals surface area contributed by atoms with Crippen LogP contribution in [0.5, 0.6) is 0 Å². The van der Waals surface area contributed by atoms with Crippen LogP contribution < -0.4 is 5.32 Å². The van der Waals surface area contributed by atoms with E-state index in [1.807, 2.05) is 28.8 Å². The van der Waals surface area contributed by atoms with Gasteiger partial charge in [-0.25, -0.2) is 15.0 Å². The van der Waals surface area contributed by atoms with Crippen LogP contribution in [-0.2, 0) is 4.79 Å². The van der Waals surface area contributed by atoms with Crippen LogP contribution in [-0.4, -0.2) is 50.5 Å². The second kappa shape index (κ2) is 5.89. The van der Waals surface area contributed by atoms with Crippen molar-refractivity contribution >= 4 is 11.7 Å². The summed E-state index contributed by atoms with van der Waals surface area (Å²) >= 11 is 0. The molecule has 1 spiro atoms. The molecule has 24 heavy (non-hydrogen) atoms. The highest BCUT2D eigenvalue weighted by Crippen LogP contribution is 2.65. The van der Waals surface area contributed by atoms with Gasteiger partial charge in [-0.3, -0.25) is 9.36 Å². The Morgan fingerprint density at radius 1 is 1.46 bits per heavy atom. The molecule has 2 aromatic heterocycles. The molecule has 0 aromatic carbocycles. The molecule has 2 fully saturated rings. The number of hydrogen-bond acceptors (Lipinski definition) is 5. The summed E-state index contributed by atoms with van der Waals surface area (Å²) in [5.41, 5.74) is 0.394. The number of nitrogens with one attached hydrogen (secondary N) is 1. The first-order valence-corrected chi connectivity index (χ1v) is 8.47. The molecule has 7 nitrogen and oxygen atoms in total. The first-order chi connectivity index (χ1) is 11.7. The van der Waals surface area contributed by atoms with Crippen molar-refractivity contribution < 1.29 is 4.79 Å². The number of nitrogens with zero attached hydrogens (tertiary/aromatic N) is 5. The Labute approximate surface area is 141 Å². The third-order valence-corrected chi connectivity index (χ3v) is 5.39. The van der Waals surface area contributed by atoms with Crippen LogP contribution >= 0.6 is 0 Å². The number of anilines is 1. The van der Waals surface area contributed by atoms with E-state index in [-0.39, 0.29) is 5.92 Å². The molecule has 0 bridgehead atoms. The minimum atomic E-state index is 0.281. The first-order valence-electron chi connectivity index (χ1n) is 8.47. The van der Waals surface area contributed by atoms with E-state index >= 15 is 0 Å². The predicted molar refractivity (Wildman–Crippen MR) is 89.7 cm³/mol. The Kier molecular flexibility index (Phi) is 3.70. The Hall–Kier alpha value is -2.44.